The van der Waals surface area contributed by atoms with Crippen LogP contribution in [0.4, 0.5) is 5.13 Å². The van der Waals surface area contributed by atoms with Crippen molar-refractivity contribution in [2.24, 2.45) is 0 Å². The molecule has 4 rings (SSSR count). The maximum absolute atomic E-state index is 13.7. The fraction of sp³-hybridized carbons (Fsp3) is 0.417. The molecular formula is C24H30ClN3O2S2. The van der Waals surface area contributed by atoms with E-state index in [4.69, 9.17) is 9.72 Å². The van der Waals surface area contributed by atoms with Crippen LogP contribution in [-0.2, 0) is 11.2 Å². The van der Waals surface area contributed by atoms with Crippen LogP contribution in [0, 0.1) is 0 Å². The topological polar surface area (TPSA) is 45.7 Å². The lowest BCUT2D eigenvalue weighted by atomic mass is 10.2. The summed E-state index contributed by atoms with van der Waals surface area (Å²) in [5.74, 6) is 0.957. The third kappa shape index (κ3) is 5.83. The molecule has 0 saturated carbocycles. The van der Waals surface area contributed by atoms with Gasteiger partial charge in [-0.25, -0.2) is 4.98 Å². The van der Waals surface area contributed by atoms with Gasteiger partial charge in [-0.3, -0.25) is 14.6 Å². The van der Waals surface area contributed by atoms with E-state index < -0.39 is 0 Å². The third-order valence-electron chi connectivity index (χ3n) is 5.49. The fourth-order valence-electron chi connectivity index (χ4n) is 3.71. The van der Waals surface area contributed by atoms with Gasteiger partial charge < -0.3 is 4.74 Å². The summed E-state index contributed by atoms with van der Waals surface area (Å²) in [6.45, 7) is 9.02. The summed E-state index contributed by atoms with van der Waals surface area (Å²) in [4.78, 5) is 23.9. The Balaban J connectivity index is 0.00000289. The summed E-state index contributed by atoms with van der Waals surface area (Å²) in [6, 6.07) is 14.3. The van der Waals surface area contributed by atoms with Gasteiger partial charge in [0.2, 0.25) is 0 Å². The van der Waals surface area contributed by atoms with Crippen molar-refractivity contribution in [3.8, 4) is 0 Å². The number of aryl methyl sites for hydroxylation is 1. The van der Waals surface area contributed by atoms with E-state index in [0.29, 0.717) is 6.54 Å². The number of ether oxygens (including phenoxy) is 1. The molecule has 0 atom stereocenters. The van der Waals surface area contributed by atoms with Gasteiger partial charge in [0.25, 0.3) is 5.91 Å². The Hall–Kier alpha value is -1.64. The lowest BCUT2D eigenvalue weighted by Crippen LogP contribution is -2.43. The van der Waals surface area contributed by atoms with Crippen LogP contribution in [0.3, 0.4) is 0 Å². The number of thiazole rings is 1. The normalized spacial score (nSPS) is 14.3. The van der Waals surface area contributed by atoms with Crippen molar-refractivity contribution in [3.05, 3.63) is 53.6 Å². The molecule has 8 heteroatoms. The Morgan fingerprint density at radius 1 is 1.19 bits per heavy atom. The minimum Gasteiger partial charge on any atom is -0.379 e. The lowest BCUT2D eigenvalue weighted by molar-refractivity contribution is 0.0391. The number of nitrogens with zero attached hydrogens (tertiary/aromatic N) is 3. The molecule has 1 aromatic heterocycles. The Morgan fingerprint density at radius 3 is 2.72 bits per heavy atom. The monoisotopic (exact) mass is 491 g/mol. The number of amides is 1. The number of morpholine rings is 1. The quantitative estimate of drug-likeness (QED) is 0.396. The maximum Gasteiger partial charge on any atom is 0.261 e. The number of hydrogen-bond acceptors (Lipinski definition) is 6. The number of benzene rings is 2. The summed E-state index contributed by atoms with van der Waals surface area (Å²) in [5, 5.41) is 0.776. The summed E-state index contributed by atoms with van der Waals surface area (Å²) < 4.78 is 6.61. The highest BCUT2D eigenvalue weighted by molar-refractivity contribution is 7.99. The average Bonchev–Trinajstić information content (AvgIpc) is 3.23. The van der Waals surface area contributed by atoms with Crippen molar-refractivity contribution in [2.45, 2.75) is 25.2 Å². The van der Waals surface area contributed by atoms with Crippen LogP contribution < -0.4 is 4.90 Å². The van der Waals surface area contributed by atoms with E-state index in [9.17, 15) is 4.79 Å². The number of rotatable bonds is 8. The van der Waals surface area contributed by atoms with E-state index in [0.717, 1.165) is 70.8 Å². The molecule has 0 spiro atoms. The first kappa shape index (κ1) is 25.0. The molecule has 0 radical (unpaired) electrons. The highest BCUT2D eigenvalue weighted by Crippen LogP contribution is 2.32. The predicted octanol–water partition coefficient (Wildman–Crippen LogP) is 5.37. The van der Waals surface area contributed by atoms with Gasteiger partial charge in [-0.15, -0.1) is 24.2 Å². The van der Waals surface area contributed by atoms with Crippen LogP contribution in [0.15, 0.2) is 47.4 Å². The van der Waals surface area contributed by atoms with Crippen LogP contribution in [0.25, 0.3) is 10.2 Å². The van der Waals surface area contributed by atoms with Gasteiger partial charge in [0.05, 0.1) is 29.0 Å². The molecule has 172 valence electrons. The van der Waals surface area contributed by atoms with Crippen LogP contribution in [0.5, 0.6) is 0 Å². The van der Waals surface area contributed by atoms with Crippen LogP contribution in [0.1, 0.15) is 29.8 Å². The number of carbonyl (C=O) groups excluding carboxylic acids is 1. The van der Waals surface area contributed by atoms with E-state index in [-0.39, 0.29) is 18.3 Å². The molecular weight excluding hydrogens is 462 g/mol. The number of halogens is 1. The number of hydrogen-bond donors (Lipinski definition) is 0. The van der Waals surface area contributed by atoms with Gasteiger partial charge in [0.15, 0.2) is 5.13 Å². The smallest absolute Gasteiger partial charge is 0.261 e. The highest BCUT2D eigenvalue weighted by atomic mass is 35.5. The molecule has 1 amide bonds. The zero-order valence-electron chi connectivity index (χ0n) is 18.6. The van der Waals surface area contributed by atoms with Crippen LogP contribution in [-0.4, -0.2) is 60.9 Å². The Morgan fingerprint density at radius 2 is 1.97 bits per heavy atom. The molecule has 2 heterocycles. The molecule has 2 aromatic carbocycles. The largest absolute Gasteiger partial charge is 0.379 e. The second kappa shape index (κ2) is 12.0. The first-order valence-electron chi connectivity index (χ1n) is 10.9. The van der Waals surface area contributed by atoms with Crippen LogP contribution in [0.2, 0.25) is 0 Å². The number of thioether (sulfide) groups is 1. The summed E-state index contributed by atoms with van der Waals surface area (Å²) >= 11 is 3.32. The molecule has 0 unspecified atom stereocenters. The summed E-state index contributed by atoms with van der Waals surface area (Å²) in [7, 11) is 0. The van der Waals surface area contributed by atoms with Crippen LogP contribution >= 0.6 is 35.5 Å². The first-order valence-corrected chi connectivity index (χ1v) is 12.7. The van der Waals surface area contributed by atoms with Gasteiger partial charge in [-0.2, -0.15) is 0 Å². The molecule has 5 nitrogen and oxygen atoms in total. The molecule has 0 aliphatic carbocycles. The molecule has 0 bridgehead atoms. The van der Waals surface area contributed by atoms with Crippen molar-refractivity contribution >= 4 is 56.8 Å². The molecule has 1 aliphatic rings. The number of anilines is 1. The van der Waals surface area contributed by atoms with E-state index in [2.05, 4.69) is 36.9 Å². The Labute approximate surface area is 204 Å². The van der Waals surface area contributed by atoms with Crippen molar-refractivity contribution in [3.63, 3.8) is 0 Å². The second-order valence-corrected chi connectivity index (χ2v) is 9.81. The minimum atomic E-state index is 0. The van der Waals surface area contributed by atoms with Crippen molar-refractivity contribution in [2.75, 3.05) is 50.0 Å². The summed E-state index contributed by atoms with van der Waals surface area (Å²) in [6.07, 6.45) is 0.991. The standard InChI is InChI=1S/C24H29N3O2S2.ClH/c1-3-18-9-10-20-22(17-18)31-24(25-20)27(12-11-26-13-15-29-16-14-26)23(28)19-7-5-6-8-21(19)30-4-2;/h5-10,17H,3-4,11-16H2,1-2H3;1H. The molecule has 1 saturated heterocycles. The number of fused-ring (bicyclic) bond motifs is 1. The fourth-order valence-corrected chi connectivity index (χ4v) is 5.56. The Kier molecular flexibility index (Phi) is 9.37. The lowest BCUT2D eigenvalue weighted by Gasteiger charge is -2.29. The highest BCUT2D eigenvalue weighted by Gasteiger charge is 2.24. The molecule has 32 heavy (non-hydrogen) atoms. The summed E-state index contributed by atoms with van der Waals surface area (Å²) in [5.41, 5.74) is 3.00. The van der Waals surface area contributed by atoms with E-state index in [1.54, 1.807) is 23.1 Å². The third-order valence-corrected chi connectivity index (χ3v) is 7.48. The molecule has 1 aliphatic heterocycles. The molecule has 0 N–H and O–H groups in total. The first-order chi connectivity index (χ1) is 15.2. The number of carbonyl (C=O) groups is 1. The zero-order valence-corrected chi connectivity index (χ0v) is 21.0. The van der Waals surface area contributed by atoms with Gasteiger partial charge in [-0.1, -0.05) is 43.4 Å². The van der Waals surface area contributed by atoms with Gasteiger partial charge in [0, 0.05) is 31.1 Å². The molecule has 1 fully saturated rings. The van der Waals surface area contributed by atoms with Gasteiger partial charge >= 0.3 is 0 Å². The second-order valence-electron chi connectivity index (χ2n) is 7.49. The van der Waals surface area contributed by atoms with Crippen molar-refractivity contribution in [1.29, 1.82) is 0 Å². The van der Waals surface area contributed by atoms with E-state index in [1.807, 2.05) is 29.2 Å². The average molecular weight is 492 g/mol. The van der Waals surface area contributed by atoms with Crippen molar-refractivity contribution < 1.29 is 9.53 Å². The molecule has 3 aromatic rings. The number of aromatic nitrogens is 1. The van der Waals surface area contributed by atoms with E-state index in [1.165, 1.54) is 5.56 Å². The maximum atomic E-state index is 13.7. The van der Waals surface area contributed by atoms with Gasteiger partial charge in [0.1, 0.15) is 0 Å². The SMILES string of the molecule is CCSc1ccccc1C(=O)N(CCN1CCOCC1)c1nc2ccc(CC)cc2s1.Cl. The van der Waals surface area contributed by atoms with E-state index >= 15 is 0 Å². The van der Waals surface area contributed by atoms with Crippen molar-refractivity contribution in [1.82, 2.24) is 9.88 Å². The minimum absolute atomic E-state index is 0. The Bertz CT molecular complexity index is 1040. The predicted molar refractivity (Wildman–Crippen MR) is 138 cm³/mol. The zero-order chi connectivity index (χ0) is 21.6. The van der Waals surface area contributed by atoms with Gasteiger partial charge in [-0.05, 0) is 42.0 Å².